The number of likely N-dealkylation sites (tertiary alicyclic amines) is 2. The Balaban J connectivity index is 1.41. The van der Waals surface area contributed by atoms with E-state index in [0.717, 1.165) is 58.4 Å². The zero-order chi connectivity index (χ0) is 16.4. The van der Waals surface area contributed by atoms with E-state index in [2.05, 4.69) is 32.0 Å². The molecule has 1 atom stereocenters. The van der Waals surface area contributed by atoms with E-state index in [4.69, 9.17) is 0 Å². The topological polar surface area (TPSA) is 54.3 Å². The quantitative estimate of drug-likeness (QED) is 0.854. The SMILES string of the molecule is O=C(c1cn([C@@H]2CCCN(Cc3ccsc3)C2)nn1)N1CCCC1. The highest BCUT2D eigenvalue weighted by Gasteiger charge is 2.26. The van der Waals surface area contributed by atoms with Crippen molar-refractivity contribution in [3.05, 3.63) is 34.3 Å². The van der Waals surface area contributed by atoms with Crippen LogP contribution in [0, 0.1) is 0 Å². The smallest absolute Gasteiger partial charge is 0.276 e. The number of thiophene rings is 1. The van der Waals surface area contributed by atoms with Crippen LogP contribution < -0.4 is 0 Å². The van der Waals surface area contributed by atoms with E-state index in [-0.39, 0.29) is 5.91 Å². The standard InChI is InChI=1S/C17H23N5OS/c23-17(21-7-1-2-8-21)16-12-22(19-18-16)15-4-3-6-20(11-15)10-14-5-9-24-13-14/h5,9,12-13,15H,1-4,6-8,10-11H2/t15-/m1/s1. The van der Waals surface area contributed by atoms with Crippen molar-refractivity contribution in [2.24, 2.45) is 0 Å². The maximum absolute atomic E-state index is 12.4. The lowest BCUT2D eigenvalue weighted by atomic mass is 10.1. The zero-order valence-electron chi connectivity index (χ0n) is 13.8. The van der Waals surface area contributed by atoms with E-state index >= 15 is 0 Å². The number of hydrogen-bond donors (Lipinski definition) is 0. The summed E-state index contributed by atoms with van der Waals surface area (Å²) >= 11 is 1.75. The van der Waals surface area contributed by atoms with Crippen molar-refractivity contribution in [1.82, 2.24) is 24.8 Å². The van der Waals surface area contributed by atoms with Gasteiger partial charge in [0.05, 0.1) is 12.2 Å². The van der Waals surface area contributed by atoms with Gasteiger partial charge in [-0.15, -0.1) is 5.10 Å². The van der Waals surface area contributed by atoms with E-state index < -0.39 is 0 Å². The second-order valence-corrected chi connectivity index (χ2v) is 7.53. The molecule has 0 unspecified atom stereocenters. The molecule has 0 spiro atoms. The Morgan fingerprint density at radius 3 is 2.92 bits per heavy atom. The van der Waals surface area contributed by atoms with Gasteiger partial charge in [-0.25, -0.2) is 4.68 Å². The molecule has 0 saturated carbocycles. The van der Waals surface area contributed by atoms with E-state index in [9.17, 15) is 4.79 Å². The van der Waals surface area contributed by atoms with Crippen LogP contribution in [-0.4, -0.2) is 56.9 Å². The van der Waals surface area contributed by atoms with Gasteiger partial charge in [0.15, 0.2) is 5.69 Å². The van der Waals surface area contributed by atoms with E-state index in [1.165, 1.54) is 5.56 Å². The summed E-state index contributed by atoms with van der Waals surface area (Å²) in [6, 6.07) is 2.50. The molecular weight excluding hydrogens is 322 g/mol. The van der Waals surface area contributed by atoms with E-state index in [0.29, 0.717) is 11.7 Å². The third-order valence-electron chi connectivity index (χ3n) is 4.96. The van der Waals surface area contributed by atoms with Crippen LogP contribution in [0.2, 0.25) is 0 Å². The lowest BCUT2D eigenvalue weighted by Gasteiger charge is -2.32. The summed E-state index contributed by atoms with van der Waals surface area (Å²) in [7, 11) is 0. The number of amides is 1. The van der Waals surface area contributed by atoms with Gasteiger partial charge in [0.1, 0.15) is 0 Å². The number of rotatable bonds is 4. The van der Waals surface area contributed by atoms with Crippen LogP contribution in [0.15, 0.2) is 23.0 Å². The van der Waals surface area contributed by atoms with Gasteiger partial charge in [0.25, 0.3) is 5.91 Å². The number of aromatic nitrogens is 3. The fourth-order valence-electron chi connectivity index (χ4n) is 3.67. The molecule has 128 valence electrons. The van der Waals surface area contributed by atoms with Crippen molar-refractivity contribution in [1.29, 1.82) is 0 Å². The van der Waals surface area contributed by atoms with E-state index in [1.807, 2.05) is 15.8 Å². The first-order valence-electron chi connectivity index (χ1n) is 8.74. The molecule has 0 aliphatic carbocycles. The van der Waals surface area contributed by atoms with Gasteiger partial charge in [0.2, 0.25) is 0 Å². The molecule has 1 amide bonds. The first-order valence-corrected chi connectivity index (χ1v) is 9.68. The Kier molecular flexibility index (Phi) is 4.62. The van der Waals surface area contributed by atoms with Crippen molar-refractivity contribution in [3.63, 3.8) is 0 Å². The molecule has 2 fully saturated rings. The average Bonchev–Trinajstić information content (AvgIpc) is 3.36. The van der Waals surface area contributed by atoms with E-state index in [1.54, 1.807) is 11.3 Å². The summed E-state index contributed by atoms with van der Waals surface area (Å²) in [4.78, 5) is 16.8. The normalized spacial score (nSPS) is 22.2. The molecule has 0 N–H and O–H groups in total. The molecule has 2 aliphatic heterocycles. The molecule has 4 heterocycles. The minimum Gasteiger partial charge on any atom is -0.337 e. The predicted molar refractivity (Wildman–Crippen MR) is 93.0 cm³/mol. The first-order chi connectivity index (χ1) is 11.8. The Labute approximate surface area is 146 Å². The molecule has 0 bridgehead atoms. The van der Waals surface area contributed by atoms with Crippen LogP contribution in [0.4, 0.5) is 0 Å². The van der Waals surface area contributed by atoms with Crippen LogP contribution >= 0.6 is 11.3 Å². The highest BCUT2D eigenvalue weighted by atomic mass is 32.1. The lowest BCUT2D eigenvalue weighted by Crippen LogP contribution is -2.36. The summed E-state index contributed by atoms with van der Waals surface area (Å²) in [5.74, 6) is 0.0321. The molecule has 4 rings (SSSR count). The largest absolute Gasteiger partial charge is 0.337 e. The second-order valence-electron chi connectivity index (χ2n) is 6.75. The zero-order valence-corrected chi connectivity index (χ0v) is 14.6. The molecule has 2 aromatic rings. The highest BCUT2D eigenvalue weighted by Crippen LogP contribution is 2.23. The molecule has 2 aliphatic rings. The van der Waals surface area contributed by atoms with Gasteiger partial charge >= 0.3 is 0 Å². The van der Waals surface area contributed by atoms with Crippen LogP contribution in [-0.2, 0) is 6.54 Å². The Morgan fingerprint density at radius 2 is 2.12 bits per heavy atom. The van der Waals surface area contributed by atoms with Crippen molar-refractivity contribution in [2.45, 2.75) is 38.3 Å². The minimum atomic E-state index is 0.0321. The third kappa shape index (κ3) is 3.37. The number of hydrogen-bond acceptors (Lipinski definition) is 5. The molecule has 0 aromatic carbocycles. The summed E-state index contributed by atoms with van der Waals surface area (Å²) < 4.78 is 1.91. The predicted octanol–water partition coefficient (Wildman–Crippen LogP) is 2.41. The van der Waals surface area contributed by atoms with Crippen LogP contribution in [0.25, 0.3) is 0 Å². The molecule has 2 saturated heterocycles. The second kappa shape index (κ2) is 7.03. The monoisotopic (exact) mass is 345 g/mol. The van der Waals surface area contributed by atoms with Gasteiger partial charge < -0.3 is 4.90 Å². The summed E-state index contributed by atoms with van der Waals surface area (Å²) in [5, 5.41) is 12.7. The number of carbonyl (C=O) groups is 1. The molecule has 0 radical (unpaired) electrons. The maximum atomic E-state index is 12.4. The fourth-order valence-corrected chi connectivity index (χ4v) is 4.33. The number of carbonyl (C=O) groups excluding carboxylic acids is 1. The van der Waals surface area contributed by atoms with Crippen LogP contribution in [0.5, 0.6) is 0 Å². The maximum Gasteiger partial charge on any atom is 0.276 e. The molecule has 6 nitrogen and oxygen atoms in total. The van der Waals surface area contributed by atoms with Crippen molar-refractivity contribution in [2.75, 3.05) is 26.2 Å². The van der Waals surface area contributed by atoms with Gasteiger partial charge in [-0.3, -0.25) is 9.69 Å². The van der Waals surface area contributed by atoms with Gasteiger partial charge in [-0.05, 0) is 54.6 Å². The Hall–Kier alpha value is -1.73. The summed E-state index contributed by atoms with van der Waals surface area (Å²) in [6.45, 7) is 4.79. The van der Waals surface area contributed by atoms with Gasteiger partial charge in [0, 0.05) is 26.2 Å². The Bertz CT molecular complexity index is 677. The molecule has 2 aromatic heterocycles. The average molecular weight is 345 g/mol. The molecular formula is C17H23N5OS. The minimum absolute atomic E-state index is 0.0321. The molecule has 7 heteroatoms. The molecule has 24 heavy (non-hydrogen) atoms. The van der Waals surface area contributed by atoms with Crippen molar-refractivity contribution < 1.29 is 4.79 Å². The Morgan fingerprint density at radius 1 is 1.25 bits per heavy atom. The van der Waals surface area contributed by atoms with Crippen LogP contribution in [0.3, 0.4) is 0 Å². The number of piperidine rings is 1. The third-order valence-corrected chi connectivity index (χ3v) is 5.70. The summed E-state index contributed by atoms with van der Waals surface area (Å²) in [5.41, 5.74) is 1.87. The van der Waals surface area contributed by atoms with Gasteiger partial charge in [-0.1, -0.05) is 5.21 Å². The first kappa shape index (κ1) is 15.8. The number of nitrogens with zero attached hydrogens (tertiary/aromatic N) is 5. The van der Waals surface area contributed by atoms with Crippen molar-refractivity contribution >= 4 is 17.2 Å². The lowest BCUT2D eigenvalue weighted by molar-refractivity contribution is 0.0787. The highest BCUT2D eigenvalue weighted by molar-refractivity contribution is 7.07. The van der Waals surface area contributed by atoms with Crippen LogP contribution in [0.1, 0.15) is 47.8 Å². The summed E-state index contributed by atoms with van der Waals surface area (Å²) in [6.07, 6.45) is 6.30. The van der Waals surface area contributed by atoms with Crippen molar-refractivity contribution in [3.8, 4) is 0 Å². The van der Waals surface area contributed by atoms with Gasteiger partial charge in [-0.2, -0.15) is 11.3 Å². The fraction of sp³-hybridized carbons (Fsp3) is 0.588.